The summed E-state index contributed by atoms with van der Waals surface area (Å²) in [6.07, 6.45) is -0.0123. The number of nitrogens with zero attached hydrogens (tertiary/aromatic N) is 2. The van der Waals surface area contributed by atoms with E-state index in [1.165, 1.54) is 12.1 Å². The Bertz CT molecular complexity index is 906. The average Bonchev–Trinajstić information content (AvgIpc) is 3.08. The standard InChI is InChI=1S/C17H21F3N4O3S/c1-28(25,26)21-10-11-5-7-14(8-6-11)22-16-23-15(24-27-16)12-3-2-4-13(9-12)17(18,19)20/h2-4,9,11,14,21H,5-8,10H2,1H3,(H,22,23,24)/t11-,14-. The van der Waals surface area contributed by atoms with E-state index in [2.05, 4.69) is 20.2 Å². The molecule has 7 nitrogen and oxygen atoms in total. The number of benzene rings is 1. The van der Waals surface area contributed by atoms with Crippen LogP contribution >= 0.6 is 0 Å². The fraction of sp³-hybridized carbons (Fsp3) is 0.529. The van der Waals surface area contributed by atoms with Crippen LogP contribution in [0.2, 0.25) is 0 Å². The number of aromatic nitrogens is 2. The minimum absolute atomic E-state index is 0.0830. The molecule has 154 valence electrons. The van der Waals surface area contributed by atoms with Crippen LogP contribution in [-0.4, -0.2) is 37.4 Å². The molecule has 0 saturated heterocycles. The summed E-state index contributed by atoms with van der Waals surface area (Å²) in [6.45, 7) is 0.422. The first-order chi connectivity index (χ1) is 13.1. The fourth-order valence-corrected chi connectivity index (χ4v) is 3.73. The van der Waals surface area contributed by atoms with Gasteiger partial charge in [0.2, 0.25) is 15.8 Å². The molecule has 1 aliphatic rings. The van der Waals surface area contributed by atoms with E-state index in [1.54, 1.807) is 0 Å². The maximum absolute atomic E-state index is 12.8. The molecule has 0 spiro atoms. The smallest absolute Gasteiger partial charge is 0.335 e. The summed E-state index contributed by atoms with van der Waals surface area (Å²) in [5, 5.41) is 6.86. The Balaban J connectivity index is 1.56. The molecule has 3 rings (SSSR count). The zero-order valence-corrected chi connectivity index (χ0v) is 16.0. The lowest BCUT2D eigenvalue weighted by Crippen LogP contribution is -2.33. The first-order valence-corrected chi connectivity index (χ1v) is 10.7. The first kappa shape index (κ1) is 20.6. The largest absolute Gasteiger partial charge is 0.416 e. The van der Waals surface area contributed by atoms with Crippen molar-refractivity contribution in [3.05, 3.63) is 29.8 Å². The summed E-state index contributed by atoms with van der Waals surface area (Å²) in [4.78, 5) is 4.14. The normalized spacial score (nSPS) is 20.9. The van der Waals surface area contributed by atoms with Crippen molar-refractivity contribution in [2.24, 2.45) is 5.92 Å². The minimum atomic E-state index is -4.44. The molecule has 0 amide bonds. The monoisotopic (exact) mass is 418 g/mol. The molecule has 0 atom stereocenters. The number of alkyl halides is 3. The van der Waals surface area contributed by atoms with Gasteiger partial charge in [0.1, 0.15) is 0 Å². The van der Waals surface area contributed by atoms with Gasteiger partial charge in [-0.2, -0.15) is 18.2 Å². The Labute approximate surface area is 160 Å². The van der Waals surface area contributed by atoms with Crippen molar-refractivity contribution in [3.8, 4) is 11.4 Å². The van der Waals surface area contributed by atoms with Crippen molar-refractivity contribution in [2.75, 3.05) is 18.1 Å². The number of rotatable bonds is 6. The predicted octanol–water partition coefficient (Wildman–Crippen LogP) is 3.28. The Morgan fingerprint density at radius 1 is 1.21 bits per heavy atom. The Morgan fingerprint density at radius 3 is 2.57 bits per heavy atom. The van der Waals surface area contributed by atoms with Crippen molar-refractivity contribution in [2.45, 2.75) is 37.9 Å². The van der Waals surface area contributed by atoms with E-state index in [4.69, 9.17) is 4.52 Å². The Morgan fingerprint density at radius 2 is 1.93 bits per heavy atom. The van der Waals surface area contributed by atoms with Crippen LogP contribution in [-0.2, 0) is 16.2 Å². The lowest BCUT2D eigenvalue weighted by molar-refractivity contribution is -0.137. The van der Waals surface area contributed by atoms with Gasteiger partial charge in [0.05, 0.1) is 11.8 Å². The van der Waals surface area contributed by atoms with E-state index >= 15 is 0 Å². The molecule has 0 radical (unpaired) electrons. The first-order valence-electron chi connectivity index (χ1n) is 8.83. The van der Waals surface area contributed by atoms with Crippen LogP contribution in [0.4, 0.5) is 19.2 Å². The second-order valence-electron chi connectivity index (χ2n) is 6.98. The molecule has 11 heteroatoms. The maximum Gasteiger partial charge on any atom is 0.416 e. The zero-order chi connectivity index (χ0) is 20.4. The van der Waals surface area contributed by atoms with E-state index in [1.807, 2.05) is 0 Å². The third-order valence-corrected chi connectivity index (χ3v) is 5.37. The fourth-order valence-electron chi connectivity index (χ4n) is 3.19. The number of halogens is 3. The second kappa shape index (κ2) is 8.08. The van der Waals surface area contributed by atoms with Crippen LogP contribution in [0.15, 0.2) is 28.8 Å². The Hall–Kier alpha value is -2.14. The van der Waals surface area contributed by atoms with Crippen molar-refractivity contribution in [1.29, 1.82) is 0 Å². The predicted molar refractivity (Wildman–Crippen MR) is 97.0 cm³/mol. The topological polar surface area (TPSA) is 97.1 Å². The summed E-state index contributed by atoms with van der Waals surface area (Å²) in [5.74, 6) is 0.357. The van der Waals surface area contributed by atoms with E-state index in [9.17, 15) is 21.6 Å². The summed E-state index contributed by atoms with van der Waals surface area (Å²) in [5.41, 5.74) is -0.549. The summed E-state index contributed by atoms with van der Waals surface area (Å²) in [7, 11) is -3.19. The molecule has 1 heterocycles. The summed E-state index contributed by atoms with van der Waals surface area (Å²) in [6, 6.07) is 5.00. The van der Waals surface area contributed by atoms with Crippen LogP contribution in [0, 0.1) is 5.92 Å². The van der Waals surface area contributed by atoms with E-state index in [-0.39, 0.29) is 29.4 Å². The van der Waals surface area contributed by atoms with Gasteiger partial charge in [-0.1, -0.05) is 17.3 Å². The summed E-state index contributed by atoms with van der Waals surface area (Å²) < 4.78 is 68.5. The van der Waals surface area contributed by atoms with Crippen LogP contribution < -0.4 is 10.0 Å². The van der Waals surface area contributed by atoms with Gasteiger partial charge in [-0.3, -0.25) is 0 Å². The molecular formula is C17H21F3N4O3S. The highest BCUT2D eigenvalue weighted by atomic mass is 32.2. The van der Waals surface area contributed by atoms with Gasteiger partial charge in [-0.05, 0) is 43.7 Å². The van der Waals surface area contributed by atoms with Gasteiger partial charge in [-0.15, -0.1) is 0 Å². The highest BCUT2D eigenvalue weighted by Gasteiger charge is 2.31. The lowest BCUT2D eigenvalue weighted by atomic mass is 9.86. The van der Waals surface area contributed by atoms with Crippen LogP contribution in [0.25, 0.3) is 11.4 Å². The highest BCUT2D eigenvalue weighted by Crippen LogP contribution is 2.32. The highest BCUT2D eigenvalue weighted by molar-refractivity contribution is 7.88. The molecule has 0 bridgehead atoms. The third-order valence-electron chi connectivity index (χ3n) is 4.68. The van der Waals surface area contributed by atoms with Gasteiger partial charge in [0.25, 0.3) is 0 Å². The minimum Gasteiger partial charge on any atom is -0.335 e. The summed E-state index contributed by atoms with van der Waals surface area (Å²) >= 11 is 0. The SMILES string of the molecule is CS(=O)(=O)NC[C@H]1CC[C@H](Nc2nc(-c3cccc(C(F)(F)F)c3)no2)CC1. The number of hydrogen-bond acceptors (Lipinski definition) is 6. The van der Waals surface area contributed by atoms with Gasteiger partial charge < -0.3 is 9.84 Å². The number of nitrogens with one attached hydrogen (secondary N) is 2. The second-order valence-corrected chi connectivity index (χ2v) is 8.82. The quantitative estimate of drug-likeness (QED) is 0.747. The lowest BCUT2D eigenvalue weighted by Gasteiger charge is -2.28. The van der Waals surface area contributed by atoms with Gasteiger partial charge >= 0.3 is 12.2 Å². The third kappa shape index (κ3) is 5.68. The van der Waals surface area contributed by atoms with Crippen molar-refractivity contribution in [1.82, 2.24) is 14.9 Å². The molecule has 2 N–H and O–H groups in total. The average molecular weight is 418 g/mol. The van der Waals surface area contributed by atoms with Crippen molar-refractivity contribution >= 4 is 16.0 Å². The van der Waals surface area contributed by atoms with Gasteiger partial charge in [0, 0.05) is 18.2 Å². The molecule has 1 saturated carbocycles. The number of anilines is 1. The number of sulfonamides is 1. The maximum atomic E-state index is 12.8. The molecule has 1 fully saturated rings. The van der Waals surface area contributed by atoms with E-state index in [0.29, 0.717) is 6.54 Å². The molecular weight excluding hydrogens is 397 g/mol. The molecule has 1 aliphatic carbocycles. The van der Waals surface area contributed by atoms with Gasteiger partial charge in [-0.25, -0.2) is 13.1 Å². The van der Waals surface area contributed by atoms with Gasteiger partial charge in [0.15, 0.2) is 0 Å². The molecule has 1 aromatic carbocycles. The molecule has 1 aromatic heterocycles. The molecule has 0 aliphatic heterocycles. The molecule has 0 unspecified atom stereocenters. The molecule has 2 aromatic rings. The Kier molecular flexibility index (Phi) is 5.94. The van der Waals surface area contributed by atoms with E-state index < -0.39 is 21.8 Å². The molecule has 28 heavy (non-hydrogen) atoms. The van der Waals surface area contributed by atoms with Crippen molar-refractivity contribution in [3.63, 3.8) is 0 Å². The van der Waals surface area contributed by atoms with Crippen LogP contribution in [0.5, 0.6) is 0 Å². The van der Waals surface area contributed by atoms with E-state index in [0.717, 1.165) is 44.1 Å². The number of hydrogen-bond donors (Lipinski definition) is 2. The van der Waals surface area contributed by atoms with Crippen LogP contribution in [0.1, 0.15) is 31.2 Å². The van der Waals surface area contributed by atoms with Crippen LogP contribution in [0.3, 0.4) is 0 Å². The van der Waals surface area contributed by atoms with Crippen molar-refractivity contribution < 1.29 is 26.1 Å². The zero-order valence-electron chi connectivity index (χ0n) is 15.2.